The maximum absolute atomic E-state index is 4.25. The lowest BCUT2D eigenvalue weighted by atomic mass is 9.59. The summed E-state index contributed by atoms with van der Waals surface area (Å²) in [6, 6.07) is 15.9. The Hall–Kier alpha value is -2.41. The Morgan fingerprint density at radius 2 is 1.50 bits per heavy atom. The first-order valence-corrected chi connectivity index (χ1v) is 9.51. The Morgan fingerprint density at radius 1 is 0.846 bits per heavy atom. The van der Waals surface area contributed by atoms with Crippen LogP contribution in [0.15, 0.2) is 61.3 Å². The summed E-state index contributed by atoms with van der Waals surface area (Å²) in [4.78, 5) is 0. The molecule has 1 unspecified atom stereocenters. The average molecular weight is 340 g/mol. The van der Waals surface area contributed by atoms with E-state index in [-0.39, 0.29) is 16.4 Å². The Labute approximate surface area is 156 Å². The Bertz CT molecular complexity index is 1120. The van der Waals surface area contributed by atoms with E-state index in [2.05, 4.69) is 101 Å². The third-order valence-corrected chi connectivity index (χ3v) is 7.46. The summed E-state index contributed by atoms with van der Waals surface area (Å²) in [6.07, 6.45) is 4.40. The Morgan fingerprint density at radius 3 is 2.23 bits per heavy atom. The van der Waals surface area contributed by atoms with Gasteiger partial charge in [0, 0.05) is 18.4 Å². The highest BCUT2D eigenvalue weighted by Gasteiger charge is 2.56. The van der Waals surface area contributed by atoms with E-state index in [0.717, 1.165) is 0 Å². The molecule has 1 aromatic heterocycles. The van der Waals surface area contributed by atoms with Gasteiger partial charge < -0.3 is 0 Å². The molecule has 26 heavy (non-hydrogen) atoms. The number of pyridine rings is 1. The van der Waals surface area contributed by atoms with Crippen LogP contribution in [0, 0.1) is 0 Å². The van der Waals surface area contributed by atoms with E-state index < -0.39 is 0 Å². The summed E-state index contributed by atoms with van der Waals surface area (Å²) in [5, 5.41) is 2.73. The second-order valence-electron chi connectivity index (χ2n) is 9.13. The molecule has 0 fully saturated rings. The SMILES string of the molecule is C=CC1(C)[n+]2ccc3cccc4c3c2-c2c(cccc2C1(C)C)C4(C)C. The van der Waals surface area contributed by atoms with Crippen LogP contribution in [0.5, 0.6) is 0 Å². The van der Waals surface area contributed by atoms with Gasteiger partial charge in [-0.15, -0.1) is 0 Å². The van der Waals surface area contributed by atoms with Crippen molar-refractivity contribution in [1.82, 2.24) is 0 Å². The third kappa shape index (κ3) is 1.48. The van der Waals surface area contributed by atoms with Crippen molar-refractivity contribution < 1.29 is 4.57 Å². The van der Waals surface area contributed by atoms with Gasteiger partial charge in [-0.3, -0.25) is 0 Å². The van der Waals surface area contributed by atoms with Gasteiger partial charge in [0.1, 0.15) is 0 Å². The van der Waals surface area contributed by atoms with Crippen molar-refractivity contribution in [2.75, 3.05) is 0 Å². The van der Waals surface area contributed by atoms with Crippen LogP contribution >= 0.6 is 0 Å². The van der Waals surface area contributed by atoms with E-state index in [4.69, 9.17) is 0 Å². The Kier molecular flexibility index (Phi) is 2.71. The highest BCUT2D eigenvalue weighted by atomic mass is 15.1. The number of rotatable bonds is 1. The van der Waals surface area contributed by atoms with Gasteiger partial charge in [0.25, 0.3) is 0 Å². The Balaban J connectivity index is 2.13. The number of aromatic nitrogens is 1. The quantitative estimate of drug-likeness (QED) is 0.399. The number of hydrogen-bond acceptors (Lipinski definition) is 0. The fraction of sp³-hybridized carbons (Fsp3) is 0.320. The molecule has 1 heteroatoms. The van der Waals surface area contributed by atoms with Gasteiger partial charge in [-0.2, -0.15) is 4.57 Å². The van der Waals surface area contributed by atoms with Crippen LogP contribution in [0.25, 0.3) is 22.0 Å². The van der Waals surface area contributed by atoms with E-state index in [9.17, 15) is 0 Å². The molecule has 2 heterocycles. The molecule has 3 aromatic rings. The minimum atomic E-state index is -0.184. The lowest BCUT2D eigenvalue weighted by Gasteiger charge is -2.46. The first kappa shape index (κ1) is 15.8. The molecule has 0 N–H and O–H groups in total. The summed E-state index contributed by atoms with van der Waals surface area (Å²) in [7, 11) is 0. The molecule has 2 aliphatic rings. The first-order valence-electron chi connectivity index (χ1n) is 9.51. The van der Waals surface area contributed by atoms with Crippen molar-refractivity contribution in [2.24, 2.45) is 0 Å². The normalized spacial score (nSPS) is 23.7. The molecule has 0 radical (unpaired) electrons. The summed E-state index contributed by atoms with van der Waals surface area (Å²) in [5.41, 5.74) is 6.87. The largest absolute Gasteiger partial charge is 0.222 e. The van der Waals surface area contributed by atoms with Gasteiger partial charge in [0.2, 0.25) is 5.69 Å². The molecule has 1 nitrogen and oxygen atoms in total. The molecule has 1 atom stereocenters. The van der Waals surface area contributed by atoms with Gasteiger partial charge in [-0.05, 0) is 42.0 Å². The van der Waals surface area contributed by atoms with E-state index in [1.54, 1.807) is 0 Å². The van der Waals surface area contributed by atoms with Crippen molar-refractivity contribution in [3.05, 3.63) is 78.0 Å². The number of benzene rings is 2. The van der Waals surface area contributed by atoms with Crippen LogP contribution in [0.3, 0.4) is 0 Å². The maximum Gasteiger partial charge on any atom is 0.222 e. The van der Waals surface area contributed by atoms with E-state index >= 15 is 0 Å². The van der Waals surface area contributed by atoms with Crippen LogP contribution in [-0.2, 0) is 16.4 Å². The van der Waals surface area contributed by atoms with Gasteiger partial charge in [0.05, 0.1) is 16.4 Å². The number of nitrogens with zero attached hydrogens (tertiary/aromatic N) is 1. The lowest BCUT2D eigenvalue weighted by Crippen LogP contribution is -2.66. The lowest BCUT2D eigenvalue weighted by molar-refractivity contribution is -0.750. The fourth-order valence-corrected chi connectivity index (χ4v) is 5.40. The van der Waals surface area contributed by atoms with Crippen LogP contribution in [0.2, 0.25) is 0 Å². The highest BCUT2D eigenvalue weighted by Crippen LogP contribution is 2.55. The molecule has 0 bridgehead atoms. The van der Waals surface area contributed by atoms with Crippen LogP contribution < -0.4 is 4.57 Å². The van der Waals surface area contributed by atoms with Gasteiger partial charge in [-0.1, -0.05) is 56.8 Å². The third-order valence-electron chi connectivity index (χ3n) is 7.46. The van der Waals surface area contributed by atoms with Crippen molar-refractivity contribution in [1.29, 1.82) is 0 Å². The molecule has 0 saturated heterocycles. The van der Waals surface area contributed by atoms with Crippen molar-refractivity contribution in [3.8, 4) is 11.3 Å². The van der Waals surface area contributed by atoms with Crippen LogP contribution in [-0.4, -0.2) is 0 Å². The number of hydrogen-bond donors (Lipinski definition) is 0. The topological polar surface area (TPSA) is 3.88 Å². The minimum absolute atomic E-state index is 0.00492. The average Bonchev–Trinajstić information content (AvgIpc) is 2.63. The van der Waals surface area contributed by atoms with Crippen molar-refractivity contribution in [3.63, 3.8) is 0 Å². The zero-order chi connectivity index (χ0) is 18.5. The van der Waals surface area contributed by atoms with Gasteiger partial charge in [-0.25, -0.2) is 0 Å². The second kappa shape index (κ2) is 4.46. The molecule has 2 aromatic carbocycles. The fourth-order valence-electron chi connectivity index (χ4n) is 5.40. The maximum atomic E-state index is 4.25. The van der Waals surface area contributed by atoms with E-state index in [1.165, 1.54) is 38.7 Å². The number of allylic oxidation sites excluding steroid dienone is 1. The molecule has 1 aliphatic carbocycles. The van der Waals surface area contributed by atoms with Crippen molar-refractivity contribution in [2.45, 2.75) is 51.0 Å². The minimum Gasteiger partial charge on any atom is -0.188 e. The van der Waals surface area contributed by atoms with Crippen LogP contribution in [0.4, 0.5) is 0 Å². The van der Waals surface area contributed by atoms with Crippen LogP contribution in [0.1, 0.15) is 51.3 Å². The first-order chi connectivity index (χ1) is 12.2. The summed E-state index contributed by atoms with van der Waals surface area (Å²) in [5.74, 6) is 0. The predicted octanol–water partition coefficient (Wildman–Crippen LogP) is 5.63. The summed E-state index contributed by atoms with van der Waals surface area (Å²) < 4.78 is 2.48. The monoisotopic (exact) mass is 340 g/mol. The van der Waals surface area contributed by atoms with E-state index in [0.29, 0.717) is 0 Å². The highest BCUT2D eigenvalue weighted by molar-refractivity contribution is 6.01. The predicted molar refractivity (Wildman–Crippen MR) is 109 cm³/mol. The molecule has 130 valence electrons. The molecule has 0 amide bonds. The van der Waals surface area contributed by atoms with Crippen molar-refractivity contribution >= 4 is 10.8 Å². The summed E-state index contributed by atoms with van der Waals surface area (Å²) >= 11 is 0. The summed E-state index contributed by atoms with van der Waals surface area (Å²) in [6.45, 7) is 16.0. The standard InChI is InChI=1S/C25H26N/c1-7-25(6)24(4,5)19-13-9-12-18-21(19)22-20-16(14-15-26(22)25)10-8-11-17(20)23(18,2)3/h7-15H,1H2,2-6H3/q+1. The molecular formula is C25H26N+. The zero-order valence-electron chi connectivity index (χ0n) is 16.4. The van der Waals surface area contributed by atoms with Gasteiger partial charge >= 0.3 is 0 Å². The molecule has 0 spiro atoms. The molecular weight excluding hydrogens is 314 g/mol. The zero-order valence-corrected chi connectivity index (χ0v) is 16.4. The molecule has 5 rings (SSSR count). The molecule has 0 saturated carbocycles. The second-order valence-corrected chi connectivity index (χ2v) is 9.13. The van der Waals surface area contributed by atoms with Gasteiger partial charge in [0.15, 0.2) is 11.7 Å². The molecule has 1 aliphatic heterocycles. The van der Waals surface area contributed by atoms with E-state index in [1.807, 2.05) is 0 Å². The smallest absolute Gasteiger partial charge is 0.188 e.